The highest BCUT2D eigenvalue weighted by atomic mass is 35.5. The number of ether oxygens (including phenoxy) is 1. The van der Waals surface area contributed by atoms with Crippen molar-refractivity contribution in [3.05, 3.63) is 94.7 Å². The van der Waals surface area contributed by atoms with E-state index in [1.807, 2.05) is 0 Å². The van der Waals surface area contributed by atoms with Crippen LogP contribution in [0.2, 0.25) is 5.02 Å². The molecule has 4 aromatic rings. The molecule has 2 aromatic carbocycles. The van der Waals surface area contributed by atoms with Crippen LogP contribution in [0, 0.1) is 5.82 Å². The Morgan fingerprint density at radius 1 is 1.15 bits per heavy atom. The Hall–Kier alpha value is -3.50. The van der Waals surface area contributed by atoms with E-state index in [0.717, 1.165) is 0 Å². The van der Waals surface area contributed by atoms with Crippen LogP contribution in [-0.2, 0) is 28.7 Å². The fraction of sp³-hybridized carbons (Fsp3) is 0.174. The second-order valence-electron chi connectivity index (χ2n) is 7.37. The minimum absolute atomic E-state index is 0.0256. The van der Waals surface area contributed by atoms with Crippen LogP contribution in [0.3, 0.4) is 0 Å². The van der Waals surface area contributed by atoms with Gasteiger partial charge in [0.05, 0.1) is 24.2 Å². The Morgan fingerprint density at radius 3 is 2.71 bits per heavy atom. The summed E-state index contributed by atoms with van der Waals surface area (Å²) in [7, 11) is -3.29. The molecule has 0 radical (unpaired) electrons. The van der Waals surface area contributed by atoms with Gasteiger partial charge in [0.1, 0.15) is 30.1 Å². The van der Waals surface area contributed by atoms with Crippen LogP contribution >= 0.6 is 11.6 Å². The Bertz CT molecular complexity index is 1370. The van der Waals surface area contributed by atoms with Crippen molar-refractivity contribution in [2.24, 2.45) is 0 Å². The molecular formula is C23H20ClFN4O4S. The second-order valence-corrected chi connectivity index (χ2v) is 9.99. The third kappa shape index (κ3) is 6.75. The highest BCUT2D eigenvalue weighted by molar-refractivity contribution is 7.90. The Kier molecular flexibility index (Phi) is 7.39. The number of aryl methyl sites for hydroxylation is 1. The van der Waals surface area contributed by atoms with E-state index >= 15 is 0 Å². The number of nitrogens with zero attached hydrogens (tertiary/aromatic N) is 4. The quantitative estimate of drug-likeness (QED) is 0.316. The summed E-state index contributed by atoms with van der Waals surface area (Å²) in [4.78, 5) is 4.28. The number of halogens is 2. The number of oxazole rings is 1. The molecule has 0 fully saturated rings. The van der Waals surface area contributed by atoms with Crippen LogP contribution < -0.4 is 4.74 Å². The number of hydrogen-bond acceptors (Lipinski definition) is 7. The molecule has 0 unspecified atom stereocenters. The minimum atomic E-state index is -3.29. The molecule has 0 spiro atoms. The molecule has 0 atom stereocenters. The summed E-state index contributed by atoms with van der Waals surface area (Å²) in [6, 6.07) is 11.2. The van der Waals surface area contributed by atoms with E-state index in [1.54, 1.807) is 54.7 Å². The zero-order chi connectivity index (χ0) is 24.0. The van der Waals surface area contributed by atoms with Crippen LogP contribution in [0.25, 0.3) is 12.2 Å². The van der Waals surface area contributed by atoms with Gasteiger partial charge in [-0.1, -0.05) is 35.0 Å². The van der Waals surface area contributed by atoms with Gasteiger partial charge in [-0.25, -0.2) is 17.8 Å². The Morgan fingerprint density at radius 2 is 1.97 bits per heavy atom. The lowest BCUT2D eigenvalue weighted by Crippen LogP contribution is -2.15. The Labute approximate surface area is 200 Å². The molecule has 0 aliphatic rings. The Balaban J connectivity index is 1.28. The summed E-state index contributed by atoms with van der Waals surface area (Å²) in [6.07, 6.45) is 7.67. The van der Waals surface area contributed by atoms with Gasteiger partial charge < -0.3 is 9.15 Å². The number of sulfone groups is 1. The van der Waals surface area contributed by atoms with Gasteiger partial charge in [0.15, 0.2) is 9.84 Å². The smallest absolute Gasteiger partial charge is 0.218 e. The molecule has 0 aliphatic carbocycles. The third-order valence-corrected chi connectivity index (χ3v) is 6.55. The number of hydrogen-bond donors (Lipinski definition) is 0. The van der Waals surface area contributed by atoms with Gasteiger partial charge in [0, 0.05) is 22.9 Å². The van der Waals surface area contributed by atoms with Crippen molar-refractivity contribution in [3.63, 3.8) is 0 Å². The van der Waals surface area contributed by atoms with Crippen molar-refractivity contribution in [2.75, 3.05) is 5.75 Å². The van der Waals surface area contributed by atoms with Crippen LogP contribution in [-0.4, -0.2) is 34.1 Å². The SMILES string of the molecule is O=S(=O)(CCn1ccnn1)Cc1ccc(OCc2coc(/C=C/c3ccc(Cl)cc3F)n2)cc1. The number of aromatic nitrogens is 4. The van der Waals surface area contributed by atoms with Crippen LogP contribution in [0.15, 0.2) is 65.5 Å². The molecule has 0 saturated heterocycles. The molecule has 8 nitrogen and oxygen atoms in total. The van der Waals surface area contributed by atoms with Gasteiger partial charge in [-0.2, -0.15) is 0 Å². The summed E-state index contributed by atoms with van der Waals surface area (Å²) in [5, 5.41) is 7.75. The molecule has 2 heterocycles. The van der Waals surface area contributed by atoms with Gasteiger partial charge in [0.25, 0.3) is 0 Å². The maximum Gasteiger partial charge on any atom is 0.218 e. The van der Waals surface area contributed by atoms with E-state index in [2.05, 4.69) is 15.3 Å². The van der Waals surface area contributed by atoms with Crippen LogP contribution in [0.1, 0.15) is 22.7 Å². The molecule has 0 bridgehead atoms. The minimum Gasteiger partial charge on any atom is -0.487 e. The van der Waals surface area contributed by atoms with Gasteiger partial charge in [-0.05, 0) is 35.9 Å². The average molecular weight is 503 g/mol. The topological polar surface area (TPSA) is 100 Å². The lowest BCUT2D eigenvalue weighted by molar-refractivity contribution is 0.301. The first kappa shape index (κ1) is 23.7. The highest BCUT2D eigenvalue weighted by Crippen LogP contribution is 2.18. The normalized spacial score (nSPS) is 11.8. The molecule has 34 heavy (non-hydrogen) atoms. The highest BCUT2D eigenvalue weighted by Gasteiger charge is 2.13. The average Bonchev–Trinajstić information content (AvgIpc) is 3.49. The lowest BCUT2D eigenvalue weighted by atomic mass is 10.2. The van der Waals surface area contributed by atoms with Gasteiger partial charge in [-0.3, -0.25) is 4.68 Å². The van der Waals surface area contributed by atoms with Crippen molar-refractivity contribution >= 4 is 33.6 Å². The largest absolute Gasteiger partial charge is 0.487 e. The predicted octanol–water partition coefficient (Wildman–Crippen LogP) is 4.42. The van der Waals surface area contributed by atoms with Crippen molar-refractivity contribution in [3.8, 4) is 5.75 Å². The fourth-order valence-electron chi connectivity index (χ4n) is 3.01. The summed E-state index contributed by atoms with van der Waals surface area (Å²) in [5.74, 6) is 0.328. The second kappa shape index (κ2) is 10.6. The first-order chi connectivity index (χ1) is 16.4. The molecule has 0 aliphatic heterocycles. The molecular weight excluding hydrogens is 483 g/mol. The van der Waals surface area contributed by atoms with Crippen molar-refractivity contribution < 1.29 is 22.0 Å². The van der Waals surface area contributed by atoms with E-state index < -0.39 is 15.7 Å². The fourth-order valence-corrected chi connectivity index (χ4v) is 4.48. The van der Waals surface area contributed by atoms with Crippen molar-refractivity contribution in [1.29, 1.82) is 0 Å². The zero-order valence-electron chi connectivity index (χ0n) is 17.8. The van der Waals surface area contributed by atoms with Gasteiger partial charge >= 0.3 is 0 Å². The predicted molar refractivity (Wildman–Crippen MR) is 125 cm³/mol. The van der Waals surface area contributed by atoms with E-state index in [-0.39, 0.29) is 24.7 Å². The molecule has 0 saturated carbocycles. The first-order valence-electron chi connectivity index (χ1n) is 10.2. The first-order valence-corrected chi connectivity index (χ1v) is 12.4. The monoisotopic (exact) mass is 502 g/mol. The molecule has 4 rings (SSSR count). The van der Waals surface area contributed by atoms with Gasteiger partial charge in [0.2, 0.25) is 5.89 Å². The molecule has 0 N–H and O–H groups in total. The van der Waals surface area contributed by atoms with Crippen LogP contribution in [0.4, 0.5) is 4.39 Å². The maximum absolute atomic E-state index is 13.8. The van der Waals surface area contributed by atoms with Crippen LogP contribution in [0.5, 0.6) is 5.75 Å². The maximum atomic E-state index is 13.8. The van der Waals surface area contributed by atoms with Crippen molar-refractivity contribution in [2.45, 2.75) is 18.9 Å². The standard InChI is InChI=1S/C23H20ClFN4O4S/c24-19-5-3-18(22(25)13-19)4-8-23-27-20(15-33-23)14-32-21-6-1-17(2-7-21)16-34(30,31)12-11-29-10-9-26-28-29/h1-10,13,15H,11-12,14,16H2/b8-4+. The molecule has 11 heteroatoms. The van der Waals surface area contributed by atoms with E-state index in [1.165, 1.54) is 23.2 Å². The summed E-state index contributed by atoms with van der Waals surface area (Å²) >= 11 is 5.75. The molecule has 2 aromatic heterocycles. The number of benzene rings is 2. The number of rotatable bonds is 10. The zero-order valence-corrected chi connectivity index (χ0v) is 19.4. The molecule has 176 valence electrons. The summed E-state index contributed by atoms with van der Waals surface area (Å²) in [5.41, 5.74) is 1.58. The molecule has 0 amide bonds. The summed E-state index contributed by atoms with van der Waals surface area (Å²) < 4.78 is 51.0. The van der Waals surface area contributed by atoms with E-state index in [0.29, 0.717) is 33.5 Å². The summed E-state index contributed by atoms with van der Waals surface area (Å²) in [6.45, 7) is 0.412. The van der Waals surface area contributed by atoms with E-state index in [9.17, 15) is 12.8 Å². The van der Waals surface area contributed by atoms with Gasteiger partial charge in [-0.15, -0.1) is 5.10 Å². The lowest BCUT2D eigenvalue weighted by Gasteiger charge is -2.07. The third-order valence-electron chi connectivity index (χ3n) is 4.74. The van der Waals surface area contributed by atoms with E-state index in [4.69, 9.17) is 20.8 Å². The van der Waals surface area contributed by atoms with Crippen molar-refractivity contribution in [1.82, 2.24) is 20.0 Å².